The Labute approximate surface area is 244 Å². The first-order valence-electron chi connectivity index (χ1n) is 13.8. The second-order valence-electron chi connectivity index (χ2n) is 9.97. The zero-order valence-corrected chi connectivity index (χ0v) is 24.4. The molecule has 4 aromatic rings. The third-order valence-corrected chi connectivity index (χ3v) is 9.20. The van der Waals surface area contributed by atoms with Crippen LogP contribution in [0.25, 0.3) is 22.2 Å². The number of nitrogens with one attached hydrogen (secondary N) is 1. The Bertz CT molecular complexity index is 1670. The molecule has 0 aliphatic carbocycles. The number of nitrogens with zero attached hydrogens (tertiary/aromatic N) is 4. The van der Waals surface area contributed by atoms with Crippen molar-refractivity contribution in [2.75, 3.05) is 55.5 Å². The summed E-state index contributed by atoms with van der Waals surface area (Å²) in [6, 6.07) is 11.4. The van der Waals surface area contributed by atoms with Gasteiger partial charge in [-0.25, -0.2) is 22.4 Å². The van der Waals surface area contributed by atoms with Crippen molar-refractivity contribution in [2.45, 2.75) is 26.2 Å². The molecule has 10 nitrogen and oxygen atoms in total. The van der Waals surface area contributed by atoms with E-state index in [4.69, 9.17) is 30.8 Å². The van der Waals surface area contributed by atoms with Crippen LogP contribution in [0, 0.1) is 0 Å². The minimum Gasteiger partial charge on any atom is -0.494 e. The summed E-state index contributed by atoms with van der Waals surface area (Å²) >= 11 is 6.62. The van der Waals surface area contributed by atoms with Gasteiger partial charge < -0.3 is 24.4 Å². The fraction of sp³-hybridized carbons (Fsp3) is 0.379. The van der Waals surface area contributed by atoms with Crippen molar-refractivity contribution >= 4 is 49.9 Å². The van der Waals surface area contributed by atoms with Gasteiger partial charge in [0.05, 0.1) is 60.3 Å². The molecule has 0 spiro atoms. The number of aromatic nitrogens is 3. The van der Waals surface area contributed by atoms with E-state index in [0.717, 1.165) is 49.5 Å². The number of hydrogen-bond acceptors (Lipinski definition) is 9. The van der Waals surface area contributed by atoms with Crippen molar-refractivity contribution in [1.82, 2.24) is 13.9 Å². The molecule has 216 valence electrons. The van der Waals surface area contributed by atoms with Crippen molar-refractivity contribution in [1.29, 1.82) is 0 Å². The molecule has 6 bridgehead atoms. The number of benzene rings is 2. The van der Waals surface area contributed by atoms with Gasteiger partial charge in [-0.05, 0) is 56.5 Å². The van der Waals surface area contributed by atoms with Gasteiger partial charge in [0, 0.05) is 42.0 Å². The molecule has 0 radical (unpaired) electrons. The first-order chi connectivity index (χ1) is 19.9. The smallest absolute Gasteiger partial charge is 0.238 e. The molecule has 0 atom stereocenters. The molecule has 41 heavy (non-hydrogen) atoms. The predicted molar refractivity (Wildman–Crippen MR) is 160 cm³/mol. The Balaban J connectivity index is 1.45. The van der Waals surface area contributed by atoms with E-state index in [9.17, 15) is 8.42 Å². The molecule has 4 heterocycles. The first kappa shape index (κ1) is 27.6. The topological polar surface area (TPSA) is 108 Å². The monoisotopic (exact) mass is 597 g/mol. The summed E-state index contributed by atoms with van der Waals surface area (Å²) in [6.07, 6.45) is 5.78. The maximum Gasteiger partial charge on any atom is 0.238 e. The van der Waals surface area contributed by atoms with Crippen LogP contribution >= 0.6 is 11.6 Å². The van der Waals surface area contributed by atoms with E-state index in [-0.39, 0.29) is 5.75 Å². The Morgan fingerprint density at radius 2 is 1.80 bits per heavy atom. The van der Waals surface area contributed by atoms with E-state index >= 15 is 0 Å². The second-order valence-corrected chi connectivity index (χ2v) is 12.5. The highest BCUT2D eigenvalue weighted by atomic mass is 35.5. The molecular formula is C29H32ClN5O5S. The Hall–Kier alpha value is -3.54. The quantitative estimate of drug-likeness (QED) is 0.329. The molecule has 0 saturated carbocycles. The highest BCUT2D eigenvalue weighted by Gasteiger charge is 2.22. The maximum atomic E-state index is 13.0. The van der Waals surface area contributed by atoms with Gasteiger partial charge in [0.2, 0.25) is 16.0 Å². The van der Waals surface area contributed by atoms with Crippen LogP contribution in [0.3, 0.4) is 0 Å². The lowest BCUT2D eigenvalue weighted by Crippen LogP contribution is -2.36. The van der Waals surface area contributed by atoms with Crippen molar-refractivity contribution in [2.24, 2.45) is 0 Å². The van der Waals surface area contributed by atoms with Crippen molar-refractivity contribution in [3.63, 3.8) is 0 Å². The molecule has 2 aromatic carbocycles. The molecule has 2 aliphatic heterocycles. The van der Waals surface area contributed by atoms with Crippen LogP contribution in [-0.4, -0.2) is 67.6 Å². The van der Waals surface area contributed by atoms with Gasteiger partial charge >= 0.3 is 0 Å². The molecular weight excluding hydrogens is 566 g/mol. The van der Waals surface area contributed by atoms with E-state index in [1.165, 1.54) is 10.2 Å². The van der Waals surface area contributed by atoms with Crippen molar-refractivity contribution < 1.29 is 22.6 Å². The number of rotatable bonds is 3. The minimum absolute atomic E-state index is 0.0519. The van der Waals surface area contributed by atoms with Gasteiger partial charge in [0.15, 0.2) is 0 Å². The Morgan fingerprint density at radius 1 is 1.00 bits per heavy atom. The van der Waals surface area contributed by atoms with E-state index in [0.29, 0.717) is 65.3 Å². The largest absolute Gasteiger partial charge is 0.494 e. The lowest BCUT2D eigenvalue weighted by Gasteiger charge is -2.30. The van der Waals surface area contributed by atoms with Gasteiger partial charge in [-0.3, -0.25) is 0 Å². The normalized spacial score (nSPS) is 16.4. The van der Waals surface area contributed by atoms with Gasteiger partial charge in [0.25, 0.3) is 0 Å². The standard InChI is InChI=1S/C29H32ClN5O5S/c1-2-41(36,37)35-19-23-22-17-21(7-9-25(22)35)39-12-4-3-5-13-40-27-16-20(32-29-31-18-24(30)28(23)33-29)6-8-26(27)34-10-14-38-15-11-34/h6-9,16-19H,2-5,10-15H2,1H3,(H,31,32,33). The summed E-state index contributed by atoms with van der Waals surface area (Å²) in [5.74, 6) is 1.70. The van der Waals surface area contributed by atoms with Crippen LogP contribution in [0.1, 0.15) is 26.2 Å². The fourth-order valence-corrected chi connectivity index (χ4v) is 6.29. The van der Waals surface area contributed by atoms with Crippen LogP contribution in [0.15, 0.2) is 48.8 Å². The number of fused-ring (bicyclic) bond motifs is 6. The summed E-state index contributed by atoms with van der Waals surface area (Å²) in [6.45, 7) is 5.68. The van der Waals surface area contributed by atoms with E-state index in [2.05, 4.69) is 15.2 Å². The molecule has 0 amide bonds. The number of morpholine rings is 1. The van der Waals surface area contributed by atoms with Gasteiger partial charge in [-0.15, -0.1) is 0 Å². The van der Waals surface area contributed by atoms with Crippen LogP contribution in [0.5, 0.6) is 11.5 Å². The lowest BCUT2D eigenvalue weighted by molar-refractivity contribution is 0.122. The molecule has 6 rings (SSSR count). The highest BCUT2D eigenvalue weighted by Crippen LogP contribution is 2.38. The number of halogens is 1. The Morgan fingerprint density at radius 3 is 2.61 bits per heavy atom. The Kier molecular flexibility index (Phi) is 7.92. The number of anilines is 3. The third kappa shape index (κ3) is 5.79. The average molecular weight is 598 g/mol. The van der Waals surface area contributed by atoms with Crippen LogP contribution in [0.2, 0.25) is 5.02 Å². The fourth-order valence-electron chi connectivity index (χ4n) is 5.10. The molecule has 0 unspecified atom stereocenters. The van der Waals surface area contributed by atoms with Crippen LogP contribution in [0.4, 0.5) is 17.3 Å². The first-order valence-corrected chi connectivity index (χ1v) is 15.8. The molecule has 1 N–H and O–H groups in total. The summed E-state index contributed by atoms with van der Waals surface area (Å²) in [7, 11) is -3.58. The summed E-state index contributed by atoms with van der Waals surface area (Å²) in [5.41, 5.74) is 3.31. The average Bonchev–Trinajstić information content (AvgIpc) is 3.37. The van der Waals surface area contributed by atoms with Crippen molar-refractivity contribution in [3.8, 4) is 22.8 Å². The third-order valence-electron chi connectivity index (χ3n) is 7.29. The molecule has 1 fully saturated rings. The van der Waals surface area contributed by atoms with Gasteiger partial charge in [-0.1, -0.05) is 11.6 Å². The maximum absolute atomic E-state index is 13.0. The van der Waals surface area contributed by atoms with E-state index in [1.54, 1.807) is 25.3 Å². The van der Waals surface area contributed by atoms with Crippen LogP contribution < -0.4 is 19.7 Å². The lowest BCUT2D eigenvalue weighted by atomic mass is 10.1. The number of ether oxygens (including phenoxy) is 3. The van der Waals surface area contributed by atoms with Crippen molar-refractivity contribution in [3.05, 3.63) is 53.8 Å². The van der Waals surface area contributed by atoms with Crippen LogP contribution in [-0.2, 0) is 14.8 Å². The molecule has 2 aliphatic rings. The SMILES string of the molecule is CCS(=O)(=O)n1cc2c3cc(ccc31)OCCCCCOc1cc(ccc1N1CCOCC1)Nc1ncc(Cl)c-2n1. The predicted octanol–water partition coefficient (Wildman–Crippen LogP) is 5.47. The minimum atomic E-state index is -3.58. The van der Waals surface area contributed by atoms with Gasteiger partial charge in [-0.2, -0.15) is 0 Å². The molecule has 1 saturated heterocycles. The summed E-state index contributed by atoms with van der Waals surface area (Å²) in [5, 5.41) is 4.26. The summed E-state index contributed by atoms with van der Waals surface area (Å²) < 4.78 is 45.2. The van der Waals surface area contributed by atoms with E-state index < -0.39 is 10.0 Å². The van der Waals surface area contributed by atoms with E-state index in [1.807, 2.05) is 24.3 Å². The summed E-state index contributed by atoms with van der Waals surface area (Å²) in [4.78, 5) is 11.4. The van der Waals surface area contributed by atoms with Gasteiger partial charge in [0.1, 0.15) is 11.5 Å². The molecule has 2 aromatic heterocycles. The second kappa shape index (κ2) is 11.8. The number of hydrogen-bond donors (Lipinski definition) is 1. The highest BCUT2D eigenvalue weighted by molar-refractivity contribution is 7.90. The zero-order chi connectivity index (χ0) is 28.4. The zero-order valence-electron chi connectivity index (χ0n) is 22.8. The molecule has 12 heteroatoms.